The second kappa shape index (κ2) is 8.15. The third-order valence-corrected chi connectivity index (χ3v) is 8.75. The van der Waals surface area contributed by atoms with E-state index in [1.807, 2.05) is 6.07 Å². The molecule has 0 spiro atoms. The molecule has 0 amide bonds. The first-order valence-electron chi connectivity index (χ1n) is 13.0. The van der Waals surface area contributed by atoms with E-state index in [1.165, 1.54) is 16.7 Å². The highest BCUT2D eigenvalue weighted by molar-refractivity contribution is 5.89. The number of morpholine rings is 1. The Kier molecular flexibility index (Phi) is 5.02. The maximum atomic E-state index is 12.7. The van der Waals surface area contributed by atoms with Crippen LogP contribution in [0.2, 0.25) is 0 Å². The fourth-order valence-electron chi connectivity index (χ4n) is 7.03. The molecule has 0 saturated carbocycles. The van der Waals surface area contributed by atoms with Crippen LogP contribution in [0.15, 0.2) is 47.4 Å². The number of fused-ring (bicyclic) bond motifs is 6. The summed E-state index contributed by atoms with van der Waals surface area (Å²) in [5.74, 6) is 0.617. The van der Waals surface area contributed by atoms with E-state index in [0.717, 1.165) is 62.4 Å². The maximum Gasteiger partial charge on any atom is 0.253 e. The summed E-state index contributed by atoms with van der Waals surface area (Å²) in [4.78, 5) is 22.3. The number of hydrogen-bond acceptors (Lipinski definition) is 6. The van der Waals surface area contributed by atoms with E-state index in [-0.39, 0.29) is 5.56 Å². The van der Waals surface area contributed by atoms with E-state index in [4.69, 9.17) is 4.74 Å². The summed E-state index contributed by atoms with van der Waals surface area (Å²) < 4.78 is 7.40. The molecule has 2 aromatic heterocycles. The van der Waals surface area contributed by atoms with Gasteiger partial charge in [0, 0.05) is 62.5 Å². The molecule has 4 atom stereocenters. The van der Waals surface area contributed by atoms with Crippen LogP contribution in [-0.2, 0) is 18.3 Å². The van der Waals surface area contributed by atoms with Crippen LogP contribution in [-0.4, -0.2) is 58.9 Å². The summed E-state index contributed by atoms with van der Waals surface area (Å²) >= 11 is 0. The van der Waals surface area contributed by atoms with Gasteiger partial charge in [-0.25, -0.2) is 4.98 Å². The van der Waals surface area contributed by atoms with E-state index in [1.54, 1.807) is 23.9 Å². The predicted octanol–water partition coefficient (Wildman–Crippen LogP) is 2.93. The zero-order chi connectivity index (χ0) is 23.7. The number of benzene rings is 1. The monoisotopic (exact) mass is 471 g/mol. The summed E-state index contributed by atoms with van der Waals surface area (Å²) in [6.07, 6.45) is 4.09. The number of nitrogens with one attached hydrogen (secondary N) is 1. The van der Waals surface area contributed by atoms with E-state index < -0.39 is 0 Å². The first kappa shape index (κ1) is 21.5. The smallest absolute Gasteiger partial charge is 0.253 e. The standard InChI is InChI=1S/C28H33N5O2/c1-17-12-32(25-11-27(34)31(2)28-24(25)4-3-7-29-28)14-26-23-6-5-18(8-20(23)13-33(17)26)19-9-21-15-35-16-22(10-19)30-21/h3-8,11,17,19,21-22,26,30H,9-10,12-16H2,1-2H3/t17-,19?,21?,22?,26-/m1/s1. The topological polar surface area (TPSA) is 62.6 Å². The minimum absolute atomic E-state index is 0.00474. The third-order valence-electron chi connectivity index (χ3n) is 8.75. The zero-order valence-electron chi connectivity index (χ0n) is 20.5. The molecule has 2 unspecified atom stereocenters. The first-order chi connectivity index (χ1) is 17.0. The number of rotatable bonds is 2. The third kappa shape index (κ3) is 3.51. The first-order valence-corrected chi connectivity index (χ1v) is 13.0. The number of ether oxygens (including phenoxy) is 1. The van der Waals surface area contributed by atoms with Crippen molar-refractivity contribution in [2.24, 2.45) is 7.05 Å². The van der Waals surface area contributed by atoms with Crippen LogP contribution < -0.4 is 15.8 Å². The highest BCUT2D eigenvalue weighted by atomic mass is 16.5. The van der Waals surface area contributed by atoms with Gasteiger partial charge >= 0.3 is 0 Å². The van der Waals surface area contributed by atoms with Gasteiger partial charge in [-0.05, 0) is 54.5 Å². The van der Waals surface area contributed by atoms with Gasteiger partial charge in [0.2, 0.25) is 0 Å². The van der Waals surface area contributed by atoms with Crippen molar-refractivity contribution in [3.05, 3.63) is 69.6 Å². The molecular weight excluding hydrogens is 438 g/mol. The molecule has 3 aromatic rings. The maximum absolute atomic E-state index is 12.7. The molecule has 3 saturated heterocycles. The summed E-state index contributed by atoms with van der Waals surface area (Å²) in [6.45, 7) is 6.82. The van der Waals surface area contributed by atoms with Crippen molar-refractivity contribution in [3.8, 4) is 0 Å². The molecule has 3 fully saturated rings. The van der Waals surface area contributed by atoms with Crippen molar-refractivity contribution < 1.29 is 4.74 Å². The minimum atomic E-state index is -0.00474. The number of aryl methyl sites for hydroxylation is 1. The highest BCUT2D eigenvalue weighted by Crippen LogP contribution is 2.42. The quantitative estimate of drug-likeness (QED) is 0.620. The van der Waals surface area contributed by atoms with Crippen molar-refractivity contribution in [2.45, 2.75) is 56.4 Å². The number of aromatic nitrogens is 2. The Labute approximate surface area is 205 Å². The molecule has 1 N–H and O–H groups in total. The summed E-state index contributed by atoms with van der Waals surface area (Å²) in [5, 5.41) is 4.77. The number of hydrogen-bond donors (Lipinski definition) is 1. The Balaban J connectivity index is 1.20. The fraction of sp³-hybridized carbons (Fsp3) is 0.500. The van der Waals surface area contributed by atoms with Gasteiger partial charge < -0.3 is 15.0 Å². The largest absolute Gasteiger partial charge is 0.378 e. The van der Waals surface area contributed by atoms with E-state index in [0.29, 0.717) is 30.1 Å². The SMILES string of the molecule is C[C@@H]1CN(c2cc(=O)n(C)c3ncccc23)C[C@@H]2c3ccc(C4CC5COCC(C4)N5)cc3CN12. The van der Waals surface area contributed by atoms with Crippen molar-refractivity contribution in [3.63, 3.8) is 0 Å². The normalized spacial score (nSPS) is 30.3. The number of piperazine rings is 1. The van der Waals surface area contributed by atoms with Crippen LogP contribution in [0.3, 0.4) is 0 Å². The van der Waals surface area contributed by atoms with Crippen molar-refractivity contribution >= 4 is 16.7 Å². The molecule has 182 valence electrons. The molecule has 4 aliphatic rings. The van der Waals surface area contributed by atoms with Crippen LogP contribution in [0, 0.1) is 0 Å². The molecule has 7 rings (SSSR count). The summed E-state index contributed by atoms with van der Waals surface area (Å²) in [7, 11) is 1.80. The van der Waals surface area contributed by atoms with Crippen LogP contribution in [0.5, 0.6) is 0 Å². The molecule has 2 bridgehead atoms. The lowest BCUT2D eigenvalue weighted by Gasteiger charge is -2.43. The lowest BCUT2D eigenvalue weighted by atomic mass is 9.81. The average molecular weight is 472 g/mol. The second-order valence-corrected chi connectivity index (χ2v) is 11.0. The lowest BCUT2D eigenvalue weighted by Crippen LogP contribution is -2.53. The van der Waals surface area contributed by atoms with E-state index in [9.17, 15) is 4.79 Å². The molecule has 7 nitrogen and oxygen atoms in total. The van der Waals surface area contributed by atoms with Crippen molar-refractivity contribution in [2.75, 3.05) is 31.2 Å². The van der Waals surface area contributed by atoms with Gasteiger partial charge in [0.15, 0.2) is 0 Å². The zero-order valence-corrected chi connectivity index (χ0v) is 20.5. The molecule has 6 heterocycles. The van der Waals surface area contributed by atoms with E-state index >= 15 is 0 Å². The number of nitrogens with zero attached hydrogens (tertiary/aromatic N) is 4. The van der Waals surface area contributed by atoms with Gasteiger partial charge in [0.1, 0.15) is 5.65 Å². The summed E-state index contributed by atoms with van der Waals surface area (Å²) in [6, 6.07) is 14.8. The average Bonchev–Trinajstić information content (AvgIpc) is 3.24. The number of anilines is 1. The summed E-state index contributed by atoms with van der Waals surface area (Å²) in [5.41, 5.74) is 6.19. The molecule has 0 aliphatic carbocycles. The van der Waals surface area contributed by atoms with Crippen LogP contribution in [0.4, 0.5) is 5.69 Å². The van der Waals surface area contributed by atoms with Crippen LogP contribution in [0.25, 0.3) is 11.0 Å². The van der Waals surface area contributed by atoms with Gasteiger partial charge in [0.25, 0.3) is 5.56 Å². The van der Waals surface area contributed by atoms with Crippen LogP contribution in [0.1, 0.15) is 48.4 Å². The molecule has 35 heavy (non-hydrogen) atoms. The fourth-order valence-corrected chi connectivity index (χ4v) is 7.03. The Morgan fingerprint density at radius 2 is 1.91 bits per heavy atom. The molecular formula is C28H33N5O2. The van der Waals surface area contributed by atoms with Crippen LogP contribution >= 0.6 is 0 Å². The lowest BCUT2D eigenvalue weighted by molar-refractivity contribution is 0.0180. The van der Waals surface area contributed by atoms with Gasteiger partial charge in [-0.15, -0.1) is 0 Å². The highest BCUT2D eigenvalue weighted by Gasteiger charge is 2.40. The van der Waals surface area contributed by atoms with Gasteiger partial charge in [0.05, 0.1) is 24.9 Å². The van der Waals surface area contributed by atoms with Crippen molar-refractivity contribution in [1.29, 1.82) is 0 Å². The van der Waals surface area contributed by atoms with Gasteiger partial charge in [-0.2, -0.15) is 0 Å². The second-order valence-electron chi connectivity index (χ2n) is 11.0. The predicted molar refractivity (Wildman–Crippen MR) is 137 cm³/mol. The minimum Gasteiger partial charge on any atom is -0.378 e. The van der Waals surface area contributed by atoms with Gasteiger partial charge in [-0.3, -0.25) is 14.3 Å². The molecule has 4 aliphatic heterocycles. The molecule has 0 radical (unpaired) electrons. The Bertz CT molecular complexity index is 1340. The molecule has 1 aromatic carbocycles. The van der Waals surface area contributed by atoms with Crippen molar-refractivity contribution in [1.82, 2.24) is 19.8 Å². The number of pyridine rings is 2. The Morgan fingerprint density at radius 3 is 2.74 bits per heavy atom. The van der Waals surface area contributed by atoms with E-state index in [2.05, 4.69) is 51.3 Å². The number of piperidine rings is 1. The Morgan fingerprint density at radius 1 is 1.09 bits per heavy atom. The Hall–Kier alpha value is -2.74. The van der Waals surface area contributed by atoms with Gasteiger partial charge in [-0.1, -0.05) is 18.2 Å². The molecule has 7 heteroatoms.